The van der Waals surface area contributed by atoms with Gasteiger partial charge in [-0.3, -0.25) is 9.59 Å². The van der Waals surface area contributed by atoms with E-state index in [-0.39, 0.29) is 29.3 Å². The molecule has 0 unspecified atom stereocenters. The largest absolute Gasteiger partial charge is 0.478 e. The average molecular weight is 429 g/mol. The van der Waals surface area contributed by atoms with Crippen molar-refractivity contribution in [2.45, 2.75) is 6.92 Å². The lowest BCUT2D eigenvalue weighted by atomic mass is 10.1. The number of hydrogen-bond donors (Lipinski definition) is 0. The summed E-state index contributed by atoms with van der Waals surface area (Å²) in [5.41, 5.74) is 1.08. The Morgan fingerprint density at radius 2 is 1.86 bits per heavy atom. The van der Waals surface area contributed by atoms with Crippen molar-refractivity contribution >= 4 is 40.0 Å². The molecule has 0 bridgehead atoms. The van der Waals surface area contributed by atoms with E-state index >= 15 is 0 Å². The van der Waals surface area contributed by atoms with Gasteiger partial charge in [-0.25, -0.2) is 0 Å². The van der Waals surface area contributed by atoms with Crippen LogP contribution in [-0.2, 0) is 0 Å². The summed E-state index contributed by atoms with van der Waals surface area (Å²) in [5, 5.41) is 1.20. The van der Waals surface area contributed by atoms with Gasteiger partial charge in [-0.2, -0.15) is 0 Å². The number of aryl methyl sites for hydroxylation is 1. The summed E-state index contributed by atoms with van der Waals surface area (Å²) in [6.45, 7) is 1.45. The standard InChI is InChI=1S/C22H14Cl2O5/c1-12-9-19-15(10-16(12)24)20(26)22(21(29-19)18-3-2-8-27-18)28-11-17(25)13-4-6-14(23)7-5-13/h2-10H,11H2,1H3. The maximum Gasteiger partial charge on any atom is 0.235 e. The summed E-state index contributed by atoms with van der Waals surface area (Å²) in [5.74, 6) is -0.00754. The van der Waals surface area contributed by atoms with Crippen molar-refractivity contribution in [2.75, 3.05) is 6.61 Å². The molecule has 0 fully saturated rings. The molecule has 2 heterocycles. The predicted octanol–water partition coefficient (Wildman–Crippen LogP) is 5.93. The molecule has 7 heteroatoms. The minimum absolute atomic E-state index is 0.109. The van der Waals surface area contributed by atoms with E-state index in [1.54, 1.807) is 42.5 Å². The number of fused-ring (bicyclic) bond motifs is 1. The molecule has 0 spiro atoms. The van der Waals surface area contributed by atoms with Gasteiger partial charge in [0.05, 0.1) is 11.6 Å². The number of Topliss-reactive ketones (excluding diaryl/α,β-unsaturated/α-hetero) is 1. The second kappa shape index (κ2) is 7.78. The van der Waals surface area contributed by atoms with Gasteiger partial charge in [0.25, 0.3) is 0 Å². The van der Waals surface area contributed by atoms with Crippen molar-refractivity contribution in [3.8, 4) is 17.3 Å². The van der Waals surface area contributed by atoms with Crippen LogP contribution in [-0.4, -0.2) is 12.4 Å². The Bertz CT molecular complexity index is 1260. The third-order valence-corrected chi connectivity index (χ3v) is 5.05. The lowest BCUT2D eigenvalue weighted by molar-refractivity contribution is 0.0920. The molecule has 2 aromatic heterocycles. The number of ether oxygens (including phenoxy) is 1. The maximum atomic E-state index is 13.1. The van der Waals surface area contributed by atoms with E-state index in [4.69, 9.17) is 36.8 Å². The number of ketones is 1. The Kier molecular flexibility index (Phi) is 5.18. The second-order valence-corrected chi connectivity index (χ2v) is 7.23. The van der Waals surface area contributed by atoms with Crippen molar-refractivity contribution < 1.29 is 18.4 Å². The lowest BCUT2D eigenvalue weighted by Crippen LogP contribution is -2.17. The highest BCUT2D eigenvalue weighted by atomic mass is 35.5. The zero-order valence-corrected chi connectivity index (χ0v) is 16.7. The van der Waals surface area contributed by atoms with Crippen LogP contribution in [0.2, 0.25) is 10.0 Å². The van der Waals surface area contributed by atoms with Gasteiger partial charge in [-0.05, 0) is 61.0 Å². The third-order valence-electron chi connectivity index (χ3n) is 4.39. The fourth-order valence-corrected chi connectivity index (χ4v) is 3.15. The highest BCUT2D eigenvalue weighted by molar-refractivity contribution is 6.32. The molecule has 4 rings (SSSR count). The molecule has 146 valence electrons. The summed E-state index contributed by atoms with van der Waals surface area (Å²) in [4.78, 5) is 25.5. The molecule has 4 aromatic rings. The molecule has 29 heavy (non-hydrogen) atoms. The van der Waals surface area contributed by atoms with Gasteiger partial charge < -0.3 is 13.6 Å². The van der Waals surface area contributed by atoms with Gasteiger partial charge in [0.15, 0.2) is 18.2 Å². The van der Waals surface area contributed by atoms with E-state index < -0.39 is 5.43 Å². The number of carbonyl (C=O) groups excluding carboxylic acids is 1. The average Bonchev–Trinajstić information content (AvgIpc) is 3.24. The Balaban J connectivity index is 1.77. The molecular weight excluding hydrogens is 415 g/mol. The van der Waals surface area contributed by atoms with E-state index in [1.807, 2.05) is 6.92 Å². The van der Waals surface area contributed by atoms with E-state index in [9.17, 15) is 9.59 Å². The molecule has 0 radical (unpaired) electrons. The van der Waals surface area contributed by atoms with E-state index in [0.29, 0.717) is 27.0 Å². The van der Waals surface area contributed by atoms with Crippen LogP contribution >= 0.6 is 23.2 Å². The second-order valence-electron chi connectivity index (χ2n) is 6.38. The summed E-state index contributed by atoms with van der Waals surface area (Å²) in [7, 11) is 0. The fraction of sp³-hybridized carbons (Fsp3) is 0.0909. The molecule has 0 aliphatic rings. The fourth-order valence-electron chi connectivity index (χ4n) is 2.86. The quantitative estimate of drug-likeness (QED) is 0.368. The Morgan fingerprint density at radius 1 is 1.10 bits per heavy atom. The first-order valence-corrected chi connectivity index (χ1v) is 9.42. The number of carbonyl (C=O) groups is 1. The van der Waals surface area contributed by atoms with Crippen molar-refractivity contribution in [3.05, 3.63) is 86.2 Å². The normalized spacial score (nSPS) is 11.0. The number of benzene rings is 2. The molecule has 0 N–H and O–H groups in total. The summed E-state index contributed by atoms with van der Waals surface area (Å²) >= 11 is 12.0. The predicted molar refractivity (Wildman–Crippen MR) is 111 cm³/mol. The van der Waals surface area contributed by atoms with Gasteiger partial charge in [0.1, 0.15) is 5.58 Å². The number of rotatable bonds is 5. The SMILES string of the molecule is Cc1cc2oc(-c3ccco3)c(OCC(=O)c3ccc(Cl)cc3)c(=O)c2cc1Cl. The summed E-state index contributed by atoms with van der Waals surface area (Å²) in [6, 6.07) is 12.9. The van der Waals surface area contributed by atoms with E-state index in [2.05, 4.69) is 0 Å². The minimum Gasteiger partial charge on any atom is -0.478 e. The van der Waals surface area contributed by atoms with Gasteiger partial charge >= 0.3 is 0 Å². The van der Waals surface area contributed by atoms with Gasteiger partial charge in [-0.15, -0.1) is 0 Å². The first kappa shape index (κ1) is 19.3. The number of furan rings is 1. The first-order chi connectivity index (χ1) is 13.9. The molecule has 5 nitrogen and oxygen atoms in total. The van der Waals surface area contributed by atoms with Crippen LogP contribution in [0.25, 0.3) is 22.5 Å². The van der Waals surface area contributed by atoms with Gasteiger partial charge in [-0.1, -0.05) is 23.2 Å². The Labute approximate surface area is 175 Å². The minimum atomic E-state index is -0.441. The van der Waals surface area contributed by atoms with Crippen LogP contribution in [0, 0.1) is 6.92 Å². The lowest BCUT2D eigenvalue weighted by Gasteiger charge is -2.11. The monoisotopic (exact) mass is 428 g/mol. The summed E-state index contributed by atoms with van der Waals surface area (Å²) < 4.78 is 16.9. The third kappa shape index (κ3) is 3.79. The topological polar surface area (TPSA) is 69.7 Å². The van der Waals surface area contributed by atoms with Crippen molar-refractivity contribution in [3.63, 3.8) is 0 Å². The van der Waals surface area contributed by atoms with Gasteiger partial charge in [0.2, 0.25) is 16.9 Å². The summed E-state index contributed by atoms with van der Waals surface area (Å²) in [6.07, 6.45) is 1.45. The van der Waals surface area contributed by atoms with Crippen molar-refractivity contribution in [1.82, 2.24) is 0 Å². The Hall–Kier alpha value is -3.02. The highest BCUT2D eigenvalue weighted by Crippen LogP contribution is 2.33. The maximum absolute atomic E-state index is 13.1. The smallest absolute Gasteiger partial charge is 0.235 e. The van der Waals surface area contributed by atoms with Crippen LogP contribution in [0.5, 0.6) is 5.75 Å². The van der Waals surface area contributed by atoms with Crippen LogP contribution < -0.4 is 10.2 Å². The molecular formula is C22H14Cl2O5. The highest BCUT2D eigenvalue weighted by Gasteiger charge is 2.21. The number of halogens is 2. The molecule has 0 aliphatic heterocycles. The van der Waals surface area contributed by atoms with Crippen LogP contribution in [0.4, 0.5) is 0 Å². The van der Waals surface area contributed by atoms with Crippen molar-refractivity contribution in [2.24, 2.45) is 0 Å². The Morgan fingerprint density at radius 3 is 2.55 bits per heavy atom. The van der Waals surface area contributed by atoms with Crippen LogP contribution in [0.3, 0.4) is 0 Å². The zero-order valence-electron chi connectivity index (χ0n) is 15.2. The van der Waals surface area contributed by atoms with E-state index in [0.717, 1.165) is 5.56 Å². The van der Waals surface area contributed by atoms with Crippen LogP contribution in [0.15, 0.2) is 68.4 Å². The van der Waals surface area contributed by atoms with Gasteiger partial charge in [0, 0.05) is 15.6 Å². The molecule has 2 aromatic carbocycles. The zero-order chi connectivity index (χ0) is 20.5. The van der Waals surface area contributed by atoms with Crippen molar-refractivity contribution in [1.29, 1.82) is 0 Å². The first-order valence-electron chi connectivity index (χ1n) is 8.66. The van der Waals surface area contributed by atoms with E-state index in [1.165, 1.54) is 12.3 Å². The molecule has 0 amide bonds. The number of hydrogen-bond acceptors (Lipinski definition) is 5. The molecule has 0 saturated heterocycles. The molecule has 0 saturated carbocycles. The molecule has 0 atom stereocenters. The van der Waals surface area contributed by atoms with Crippen LogP contribution in [0.1, 0.15) is 15.9 Å². The molecule has 0 aliphatic carbocycles.